The van der Waals surface area contributed by atoms with Gasteiger partial charge in [-0.1, -0.05) is 0 Å². The Morgan fingerprint density at radius 1 is 1.19 bits per heavy atom. The van der Waals surface area contributed by atoms with Gasteiger partial charge in [-0.05, 0) is 30.3 Å². The summed E-state index contributed by atoms with van der Waals surface area (Å²) in [6.07, 6.45) is 0. The van der Waals surface area contributed by atoms with E-state index in [-0.39, 0.29) is 11.3 Å². The van der Waals surface area contributed by atoms with Gasteiger partial charge < -0.3 is 10.5 Å². The summed E-state index contributed by atoms with van der Waals surface area (Å²) in [7, 11) is 0. The molecule has 26 heavy (non-hydrogen) atoms. The monoisotopic (exact) mass is 350 g/mol. The first-order valence-electron chi connectivity index (χ1n) is 7.73. The fraction of sp³-hybridized carbons (Fsp3) is 0.111. The molecular formula is C18H14N4O4. The Morgan fingerprint density at radius 3 is 2.54 bits per heavy atom. The Labute approximate surface area is 147 Å². The minimum atomic E-state index is -0.519. The first-order chi connectivity index (χ1) is 12.5. The number of nitro benzene ring substituents is 1. The van der Waals surface area contributed by atoms with E-state index < -0.39 is 10.5 Å². The second-order valence-electron chi connectivity index (χ2n) is 5.44. The van der Waals surface area contributed by atoms with Crippen molar-refractivity contribution in [3.05, 3.63) is 74.6 Å². The lowest BCUT2D eigenvalue weighted by atomic mass is 10.1. The number of nitriles is 1. The van der Waals surface area contributed by atoms with Crippen LogP contribution in [0.4, 0.5) is 5.69 Å². The minimum absolute atomic E-state index is 0.0218. The SMILES string of the molecule is N#Cc1cc2ccc(OCCN)cc2n(-c2ccc([N+](=O)[O-])cc2)c1=O. The third kappa shape index (κ3) is 3.11. The van der Waals surface area contributed by atoms with Gasteiger partial charge in [-0.3, -0.25) is 19.5 Å². The number of aromatic nitrogens is 1. The molecule has 0 spiro atoms. The fourth-order valence-corrected chi connectivity index (χ4v) is 2.61. The zero-order valence-corrected chi connectivity index (χ0v) is 13.6. The van der Waals surface area contributed by atoms with Crippen LogP contribution in [-0.2, 0) is 0 Å². The van der Waals surface area contributed by atoms with Crippen molar-refractivity contribution >= 4 is 16.6 Å². The van der Waals surface area contributed by atoms with E-state index in [2.05, 4.69) is 0 Å². The zero-order valence-electron chi connectivity index (χ0n) is 13.6. The van der Waals surface area contributed by atoms with E-state index in [4.69, 9.17) is 10.5 Å². The van der Waals surface area contributed by atoms with Crippen LogP contribution in [0, 0.1) is 21.4 Å². The van der Waals surface area contributed by atoms with E-state index in [1.165, 1.54) is 34.9 Å². The Bertz CT molecular complexity index is 1080. The van der Waals surface area contributed by atoms with Gasteiger partial charge in [-0.2, -0.15) is 5.26 Å². The van der Waals surface area contributed by atoms with Gasteiger partial charge in [0.15, 0.2) is 0 Å². The molecule has 8 nitrogen and oxygen atoms in total. The highest BCUT2D eigenvalue weighted by Crippen LogP contribution is 2.24. The van der Waals surface area contributed by atoms with Crippen molar-refractivity contribution in [2.75, 3.05) is 13.2 Å². The number of benzene rings is 2. The van der Waals surface area contributed by atoms with Crippen molar-refractivity contribution in [3.63, 3.8) is 0 Å². The number of nitrogens with two attached hydrogens (primary N) is 1. The molecule has 3 aromatic rings. The number of non-ortho nitro benzene ring substituents is 1. The number of hydrogen-bond acceptors (Lipinski definition) is 6. The minimum Gasteiger partial charge on any atom is -0.492 e. The molecule has 0 saturated carbocycles. The van der Waals surface area contributed by atoms with Gasteiger partial charge in [0.1, 0.15) is 24.0 Å². The normalized spacial score (nSPS) is 10.5. The van der Waals surface area contributed by atoms with Crippen molar-refractivity contribution in [1.82, 2.24) is 4.57 Å². The van der Waals surface area contributed by atoms with Crippen LogP contribution in [0.2, 0.25) is 0 Å². The maximum atomic E-state index is 12.7. The second kappa shape index (κ2) is 7.04. The van der Waals surface area contributed by atoms with Gasteiger partial charge in [0.2, 0.25) is 0 Å². The lowest BCUT2D eigenvalue weighted by Crippen LogP contribution is -2.21. The van der Waals surface area contributed by atoms with Gasteiger partial charge in [0.05, 0.1) is 10.4 Å². The van der Waals surface area contributed by atoms with Crippen LogP contribution in [0.25, 0.3) is 16.6 Å². The lowest BCUT2D eigenvalue weighted by molar-refractivity contribution is -0.384. The maximum absolute atomic E-state index is 12.7. The topological polar surface area (TPSA) is 124 Å². The molecule has 0 aliphatic carbocycles. The third-order valence-corrected chi connectivity index (χ3v) is 3.80. The molecule has 0 fully saturated rings. The quantitative estimate of drug-likeness (QED) is 0.555. The molecule has 8 heteroatoms. The Morgan fingerprint density at radius 2 is 1.92 bits per heavy atom. The number of rotatable bonds is 5. The molecule has 0 amide bonds. The summed E-state index contributed by atoms with van der Waals surface area (Å²) in [4.78, 5) is 23.0. The summed E-state index contributed by atoms with van der Waals surface area (Å²) in [5.74, 6) is 0.530. The molecule has 0 bridgehead atoms. The molecule has 0 saturated heterocycles. The van der Waals surface area contributed by atoms with E-state index in [1.807, 2.05) is 6.07 Å². The largest absolute Gasteiger partial charge is 0.492 e. The van der Waals surface area contributed by atoms with Crippen molar-refractivity contribution in [3.8, 4) is 17.5 Å². The maximum Gasteiger partial charge on any atom is 0.273 e. The van der Waals surface area contributed by atoms with Crippen molar-refractivity contribution in [1.29, 1.82) is 5.26 Å². The highest BCUT2D eigenvalue weighted by atomic mass is 16.6. The number of ether oxygens (including phenoxy) is 1. The fourth-order valence-electron chi connectivity index (χ4n) is 2.61. The Balaban J connectivity index is 2.26. The zero-order chi connectivity index (χ0) is 18.7. The van der Waals surface area contributed by atoms with Gasteiger partial charge in [-0.25, -0.2) is 0 Å². The lowest BCUT2D eigenvalue weighted by Gasteiger charge is -2.13. The van der Waals surface area contributed by atoms with Crippen LogP contribution < -0.4 is 16.0 Å². The standard InChI is InChI=1S/C18H14N4O4/c19-7-8-26-16-6-1-12-9-13(11-20)18(23)21(17(12)10-16)14-2-4-15(5-3-14)22(24)25/h1-6,9-10H,7-8,19H2. The molecule has 1 aromatic heterocycles. The van der Waals surface area contributed by atoms with E-state index in [9.17, 15) is 20.2 Å². The molecule has 2 N–H and O–H groups in total. The van der Waals surface area contributed by atoms with Crippen LogP contribution in [0.5, 0.6) is 5.75 Å². The predicted molar refractivity (Wildman–Crippen MR) is 95.5 cm³/mol. The van der Waals surface area contributed by atoms with E-state index in [0.717, 1.165) is 0 Å². The van der Waals surface area contributed by atoms with Gasteiger partial charge in [0.25, 0.3) is 11.2 Å². The molecular weight excluding hydrogens is 336 g/mol. The van der Waals surface area contributed by atoms with Crippen LogP contribution in [0.15, 0.2) is 53.3 Å². The summed E-state index contributed by atoms with van der Waals surface area (Å²) >= 11 is 0. The smallest absolute Gasteiger partial charge is 0.273 e. The van der Waals surface area contributed by atoms with E-state index >= 15 is 0 Å². The molecule has 0 radical (unpaired) electrons. The summed E-state index contributed by atoms with van der Waals surface area (Å²) in [5, 5.41) is 20.8. The average Bonchev–Trinajstić information content (AvgIpc) is 2.66. The highest BCUT2D eigenvalue weighted by Gasteiger charge is 2.13. The summed E-state index contributed by atoms with van der Waals surface area (Å²) in [5.41, 5.74) is 5.76. The Hall–Kier alpha value is -3.70. The molecule has 0 atom stereocenters. The number of nitrogens with zero attached hydrogens (tertiary/aromatic N) is 3. The van der Waals surface area contributed by atoms with E-state index in [1.54, 1.807) is 18.2 Å². The highest BCUT2D eigenvalue weighted by molar-refractivity contribution is 5.83. The average molecular weight is 350 g/mol. The van der Waals surface area contributed by atoms with Gasteiger partial charge >= 0.3 is 0 Å². The number of pyridine rings is 1. The van der Waals surface area contributed by atoms with Crippen molar-refractivity contribution < 1.29 is 9.66 Å². The van der Waals surface area contributed by atoms with Crippen LogP contribution >= 0.6 is 0 Å². The van der Waals surface area contributed by atoms with Gasteiger partial charge in [0, 0.05) is 35.8 Å². The molecule has 0 aliphatic rings. The number of hydrogen-bond donors (Lipinski definition) is 1. The van der Waals surface area contributed by atoms with Crippen LogP contribution in [0.3, 0.4) is 0 Å². The van der Waals surface area contributed by atoms with Gasteiger partial charge in [-0.15, -0.1) is 0 Å². The van der Waals surface area contributed by atoms with Crippen LogP contribution in [0.1, 0.15) is 5.56 Å². The Kier molecular flexibility index (Phi) is 4.64. The molecule has 3 rings (SSSR count). The predicted octanol–water partition coefficient (Wildman–Crippen LogP) is 2.11. The molecule has 1 heterocycles. The van der Waals surface area contributed by atoms with Crippen molar-refractivity contribution in [2.45, 2.75) is 0 Å². The summed E-state index contributed by atoms with van der Waals surface area (Å²) in [6.45, 7) is 0.671. The molecule has 2 aromatic carbocycles. The summed E-state index contributed by atoms with van der Waals surface area (Å²) < 4.78 is 6.85. The van der Waals surface area contributed by atoms with Crippen LogP contribution in [-0.4, -0.2) is 22.6 Å². The third-order valence-electron chi connectivity index (χ3n) is 3.80. The second-order valence-corrected chi connectivity index (χ2v) is 5.44. The molecule has 0 aliphatic heterocycles. The molecule has 0 unspecified atom stereocenters. The van der Waals surface area contributed by atoms with E-state index in [0.29, 0.717) is 35.5 Å². The number of nitro groups is 1. The number of fused-ring (bicyclic) bond motifs is 1. The first kappa shape index (κ1) is 17.1. The summed E-state index contributed by atoms with van der Waals surface area (Å²) in [6, 6.07) is 14.1. The molecule has 130 valence electrons. The van der Waals surface area contributed by atoms with Crippen molar-refractivity contribution in [2.24, 2.45) is 5.73 Å². The first-order valence-corrected chi connectivity index (χ1v) is 7.73.